The predicted octanol–water partition coefficient (Wildman–Crippen LogP) is 5.57. The number of carbonyl (C=O) groups is 1. The van der Waals surface area contributed by atoms with Gasteiger partial charge in [-0.1, -0.05) is 50.2 Å². The first-order valence-electron chi connectivity index (χ1n) is 11.6. The molecule has 0 aliphatic carbocycles. The minimum atomic E-state index is -0.191. The first-order valence-corrected chi connectivity index (χ1v) is 11.6. The monoisotopic (exact) mass is 457 g/mol. The Kier molecular flexibility index (Phi) is 7.48. The normalized spacial score (nSPS) is 11.1. The fourth-order valence-electron chi connectivity index (χ4n) is 3.96. The van der Waals surface area contributed by atoms with Gasteiger partial charge in [0, 0.05) is 6.54 Å². The van der Waals surface area contributed by atoms with Gasteiger partial charge in [0.1, 0.15) is 17.3 Å². The number of nitrogens with one attached hydrogen (secondary N) is 1. The third kappa shape index (κ3) is 5.39. The molecule has 0 radical (unpaired) electrons. The summed E-state index contributed by atoms with van der Waals surface area (Å²) in [4.78, 5) is 17.5. The van der Waals surface area contributed by atoms with Gasteiger partial charge in [0.15, 0.2) is 0 Å². The number of nitrogens with zero attached hydrogens (tertiary/aromatic N) is 2. The summed E-state index contributed by atoms with van der Waals surface area (Å²) in [7, 11) is 1.56. The van der Waals surface area contributed by atoms with Gasteiger partial charge in [-0.05, 0) is 54.3 Å². The summed E-state index contributed by atoms with van der Waals surface area (Å²) in [6.45, 7) is 6.03. The second-order valence-corrected chi connectivity index (χ2v) is 8.48. The van der Waals surface area contributed by atoms with Gasteiger partial charge in [-0.3, -0.25) is 4.79 Å². The van der Waals surface area contributed by atoms with Crippen molar-refractivity contribution >= 4 is 16.9 Å². The van der Waals surface area contributed by atoms with Crippen LogP contribution in [-0.2, 0) is 13.1 Å². The number of amides is 1. The van der Waals surface area contributed by atoms with Crippen LogP contribution in [0.15, 0.2) is 72.8 Å². The van der Waals surface area contributed by atoms with E-state index < -0.39 is 0 Å². The van der Waals surface area contributed by atoms with Crippen LogP contribution >= 0.6 is 0 Å². The molecule has 1 amide bonds. The Morgan fingerprint density at radius 2 is 1.74 bits per heavy atom. The number of para-hydroxylation sites is 3. The molecule has 6 heteroatoms. The van der Waals surface area contributed by atoms with E-state index in [0.717, 1.165) is 35.6 Å². The van der Waals surface area contributed by atoms with Gasteiger partial charge in [-0.15, -0.1) is 0 Å². The number of carbonyl (C=O) groups excluding carboxylic acids is 1. The number of hydrogen-bond donors (Lipinski definition) is 1. The number of aryl methyl sites for hydroxylation is 1. The van der Waals surface area contributed by atoms with Crippen LogP contribution in [0.4, 0.5) is 0 Å². The van der Waals surface area contributed by atoms with E-state index in [1.807, 2.05) is 42.5 Å². The van der Waals surface area contributed by atoms with Crippen molar-refractivity contribution in [2.24, 2.45) is 0 Å². The van der Waals surface area contributed by atoms with E-state index in [9.17, 15) is 4.79 Å². The number of methoxy groups -OCH3 is 1. The summed E-state index contributed by atoms with van der Waals surface area (Å²) in [5, 5.41) is 2.99. The lowest BCUT2D eigenvalue weighted by atomic mass is 10.0. The Morgan fingerprint density at radius 1 is 1.00 bits per heavy atom. The summed E-state index contributed by atoms with van der Waals surface area (Å²) in [6.07, 6.45) is 0.819. The van der Waals surface area contributed by atoms with E-state index in [1.165, 1.54) is 5.56 Å². The van der Waals surface area contributed by atoms with Crippen molar-refractivity contribution in [3.05, 3.63) is 89.7 Å². The number of hydrogen-bond acceptors (Lipinski definition) is 4. The third-order valence-corrected chi connectivity index (χ3v) is 5.83. The molecule has 0 spiro atoms. The van der Waals surface area contributed by atoms with E-state index in [0.29, 0.717) is 30.4 Å². The highest BCUT2D eigenvalue weighted by molar-refractivity contribution is 5.96. The molecule has 0 saturated heterocycles. The second kappa shape index (κ2) is 10.9. The van der Waals surface area contributed by atoms with Gasteiger partial charge in [0.05, 0.1) is 36.9 Å². The van der Waals surface area contributed by atoms with Gasteiger partial charge in [0.25, 0.3) is 5.91 Å². The van der Waals surface area contributed by atoms with Gasteiger partial charge in [-0.25, -0.2) is 4.98 Å². The molecule has 6 nitrogen and oxygen atoms in total. The number of ether oxygens (including phenoxy) is 2. The van der Waals surface area contributed by atoms with Crippen molar-refractivity contribution in [3.63, 3.8) is 0 Å². The standard InChI is InChI=1S/C28H31N3O3/c1-20(2)21-13-15-22(16-14-21)34-18-8-17-31-25-11-6-5-10-24(25)30-27(31)19-29-28(32)23-9-4-7-12-26(23)33-3/h4-7,9-16,20H,8,17-19H2,1-3H3,(H,29,32). The fraction of sp³-hybridized carbons (Fsp3) is 0.286. The molecule has 4 aromatic rings. The first-order chi connectivity index (χ1) is 16.6. The van der Waals surface area contributed by atoms with E-state index in [2.05, 4.69) is 41.9 Å². The molecule has 0 bridgehead atoms. The van der Waals surface area contributed by atoms with Crippen LogP contribution in [-0.4, -0.2) is 29.2 Å². The minimum absolute atomic E-state index is 0.191. The van der Waals surface area contributed by atoms with Crippen LogP contribution in [0.2, 0.25) is 0 Å². The van der Waals surface area contributed by atoms with E-state index in [1.54, 1.807) is 19.2 Å². The smallest absolute Gasteiger partial charge is 0.255 e. The van der Waals surface area contributed by atoms with Crippen molar-refractivity contribution in [1.82, 2.24) is 14.9 Å². The average molecular weight is 458 g/mol. The molecule has 0 aliphatic rings. The van der Waals surface area contributed by atoms with Crippen molar-refractivity contribution in [1.29, 1.82) is 0 Å². The highest BCUT2D eigenvalue weighted by Gasteiger charge is 2.15. The number of rotatable bonds is 10. The third-order valence-electron chi connectivity index (χ3n) is 5.83. The quantitative estimate of drug-likeness (QED) is 0.316. The van der Waals surface area contributed by atoms with Gasteiger partial charge in [0.2, 0.25) is 0 Å². The number of imidazole rings is 1. The molecule has 0 aliphatic heterocycles. The van der Waals surface area contributed by atoms with Crippen molar-refractivity contribution < 1.29 is 14.3 Å². The molecule has 34 heavy (non-hydrogen) atoms. The summed E-state index contributed by atoms with van der Waals surface area (Å²) in [6, 6.07) is 23.5. The Hall–Kier alpha value is -3.80. The Bertz CT molecular complexity index is 1250. The molecule has 0 unspecified atom stereocenters. The van der Waals surface area contributed by atoms with Crippen LogP contribution in [0.1, 0.15) is 47.9 Å². The maximum absolute atomic E-state index is 12.8. The van der Waals surface area contributed by atoms with Crippen LogP contribution in [0.5, 0.6) is 11.5 Å². The number of fused-ring (bicyclic) bond motifs is 1. The summed E-state index contributed by atoms with van der Waals surface area (Å²) < 4.78 is 13.4. The minimum Gasteiger partial charge on any atom is -0.496 e. The zero-order valence-electron chi connectivity index (χ0n) is 20.0. The molecule has 1 heterocycles. The lowest BCUT2D eigenvalue weighted by molar-refractivity contribution is 0.0946. The van der Waals surface area contributed by atoms with E-state index in [-0.39, 0.29) is 5.91 Å². The predicted molar refractivity (Wildman–Crippen MR) is 135 cm³/mol. The summed E-state index contributed by atoms with van der Waals surface area (Å²) >= 11 is 0. The molecule has 4 rings (SSSR count). The average Bonchev–Trinajstić information content (AvgIpc) is 3.22. The first kappa shape index (κ1) is 23.4. The largest absolute Gasteiger partial charge is 0.496 e. The zero-order valence-corrected chi connectivity index (χ0v) is 20.0. The molecular formula is C28H31N3O3. The maximum atomic E-state index is 12.8. The van der Waals surface area contributed by atoms with Crippen LogP contribution < -0.4 is 14.8 Å². The van der Waals surface area contributed by atoms with E-state index in [4.69, 9.17) is 14.5 Å². The molecule has 1 N–H and O–H groups in total. The van der Waals surface area contributed by atoms with Gasteiger partial charge >= 0.3 is 0 Å². The lowest BCUT2D eigenvalue weighted by Gasteiger charge is -2.12. The summed E-state index contributed by atoms with van der Waals surface area (Å²) in [5.41, 5.74) is 3.76. The molecule has 0 atom stereocenters. The topological polar surface area (TPSA) is 65.4 Å². The Labute approximate surface area is 200 Å². The van der Waals surface area contributed by atoms with Crippen LogP contribution in [0.3, 0.4) is 0 Å². The van der Waals surface area contributed by atoms with Gasteiger partial charge in [-0.2, -0.15) is 0 Å². The molecule has 0 saturated carbocycles. The summed E-state index contributed by atoms with van der Waals surface area (Å²) in [5.74, 6) is 2.55. The molecule has 0 fully saturated rings. The van der Waals surface area contributed by atoms with Crippen molar-refractivity contribution in [2.75, 3.05) is 13.7 Å². The van der Waals surface area contributed by atoms with Crippen molar-refractivity contribution in [3.8, 4) is 11.5 Å². The molecule has 176 valence electrons. The Balaban J connectivity index is 1.41. The Morgan fingerprint density at radius 3 is 2.50 bits per heavy atom. The molecular weight excluding hydrogens is 426 g/mol. The number of benzene rings is 3. The lowest BCUT2D eigenvalue weighted by Crippen LogP contribution is -2.25. The highest BCUT2D eigenvalue weighted by Crippen LogP contribution is 2.21. The number of aromatic nitrogens is 2. The van der Waals surface area contributed by atoms with Crippen molar-refractivity contribution in [2.45, 2.75) is 39.3 Å². The second-order valence-electron chi connectivity index (χ2n) is 8.48. The van der Waals surface area contributed by atoms with Gasteiger partial charge < -0.3 is 19.4 Å². The van der Waals surface area contributed by atoms with Crippen LogP contribution in [0, 0.1) is 0 Å². The van der Waals surface area contributed by atoms with Crippen LogP contribution in [0.25, 0.3) is 11.0 Å². The zero-order chi connectivity index (χ0) is 23.9. The molecule has 3 aromatic carbocycles. The fourth-order valence-corrected chi connectivity index (χ4v) is 3.96. The highest BCUT2D eigenvalue weighted by atomic mass is 16.5. The molecule has 1 aromatic heterocycles. The van der Waals surface area contributed by atoms with E-state index >= 15 is 0 Å². The maximum Gasteiger partial charge on any atom is 0.255 e. The SMILES string of the molecule is COc1ccccc1C(=O)NCc1nc2ccccc2n1CCCOc1ccc(C(C)C)cc1.